The van der Waals surface area contributed by atoms with E-state index >= 15 is 0 Å². The average molecular weight is 487 g/mol. The van der Waals surface area contributed by atoms with Gasteiger partial charge in [-0.25, -0.2) is 12.7 Å². The number of amides is 1. The molecule has 0 radical (unpaired) electrons. The number of thiophene rings is 1. The van der Waals surface area contributed by atoms with Crippen molar-refractivity contribution in [2.45, 2.75) is 11.4 Å². The highest BCUT2D eigenvalue weighted by atomic mass is 35.5. The van der Waals surface area contributed by atoms with Gasteiger partial charge in [0, 0.05) is 51.7 Å². The lowest BCUT2D eigenvalue weighted by atomic mass is 10.2. The molecule has 2 heterocycles. The molecule has 2 aromatic rings. The molecule has 170 valence electrons. The molecule has 1 aromatic heterocycles. The van der Waals surface area contributed by atoms with E-state index in [0.717, 1.165) is 41.4 Å². The van der Waals surface area contributed by atoms with Gasteiger partial charge in [0.05, 0.1) is 28.6 Å². The molecule has 3 rings (SSSR count). The first-order chi connectivity index (χ1) is 14.7. The van der Waals surface area contributed by atoms with E-state index in [2.05, 4.69) is 15.1 Å². The molecule has 1 amide bonds. The van der Waals surface area contributed by atoms with Crippen LogP contribution in [0.15, 0.2) is 35.2 Å². The zero-order valence-electron chi connectivity index (χ0n) is 17.8. The highest BCUT2D eigenvalue weighted by Crippen LogP contribution is 2.28. The number of hydrogen-bond donors (Lipinski definition) is 1. The molecule has 31 heavy (non-hydrogen) atoms. The summed E-state index contributed by atoms with van der Waals surface area (Å²) in [6.45, 7) is 4.37. The number of piperazine rings is 1. The molecule has 0 spiro atoms. The first-order valence-electron chi connectivity index (χ1n) is 9.78. The van der Waals surface area contributed by atoms with Crippen molar-refractivity contribution in [3.63, 3.8) is 0 Å². The van der Waals surface area contributed by atoms with Crippen LogP contribution in [-0.2, 0) is 21.4 Å². The first-order valence-corrected chi connectivity index (χ1v) is 12.4. The normalized spacial score (nSPS) is 15.9. The zero-order chi connectivity index (χ0) is 22.6. The molecule has 1 N–H and O–H groups in total. The number of nitrogens with zero attached hydrogens (tertiary/aromatic N) is 3. The third-order valence-electron chi connectivity index (χ3n) is 5.06. The van der Waals surface area contributed by atoms with Gasteiger partial charge in [0.1, 0.15) is 5.75 Å². The summed E-state index contributed by atoms with van der Waals surface area (Å²) in [6.07, 6.45) is 0. The summed E-state index contributed by atoms with van der Waals surface area (Å²) in [7, 11) is 0.788. The second kappa shape index (κ2) is 10.3. The van der Waals surface area contributed by atoms with E-state index in [4.69, 9.17) is 16.3 Å². The number of rotatable bonds is 8. The lowest BCUT2D eigenvalue weighted by Crippen LogP contribution is -2.48. The third-order valence-corrected chi connectivity index (χ3v) is 8.09. The molecule has 1 saturated heterocycles. The molecular weight excluding hydrogens is 460 g/mol. The minimum Gasteiger partial charge on any atom is -0.495 e. The molecule has 1 aliphatic heterocycles. The van der Waals surface area contributed by atoms with Crippen LogP contribution in [0, 0.1) is 0 Å². The van der Waals surface area contributed by atoms with Gasteiger partial charge in [-0.2, -0.15) is 0 Å². The lowest BCUT2D eigenvalue weighted by Gasteiger charge is -2.34. The summed E-state index contributed by atoms with van der Waals surface area (Å²) < 4.78 is 32.0. The number of nitrogens with one attached hydrogen (secondary N) is 1. The molecule has 0 unspecified atom stereocenters. The molecule has 11 heteroatoms. The van der Waals surface area contributed by atoms with E-state index in [-0.39, 0.29) is 17.3 Å². The van der Waals surface area contributed by atoms with Crippen LogP contribution in [0.2, 0.25) is 4.34 Å². The van der Waals surface area contributed by atoms with Crippen molar-refractivity contribution >= 4 is 44.6 Å². The van der Waals surface area contributed by atoms with Crippen LogP contribution in [0.5, 0.6) is 5.75 Å². The minimum atomic E-state index is -3.61. The summed E-state index contributed by atoms with van der Waals surface area (Å²) in [5.74, 6) is 0.196. The Bertz CT molecular complexity index is 1020. The van der Waals surface area contributed by atoms with E-state index in [1.165, 1.54) is 38.2 Å². The van der Waals surface area contributed by atoms with Gasteiger partial charge in [-0.1, -0.05) is 11.6 Å². The number of ether oxygens (including phenoxy) is 1. The molecular formula is C20H27ClN4O4S2. The van der Waals surface area contributed by atoms with Crippen molar-refractivity contribution in [2.24, 2.45) is 0 Å². The van der Waals surface area contributed by atoms with Crippen molar-refractivity contribution in [2.75, 3.05) is 59.2 Å². The van der Waals surface area contributed by atoms with Crippen molar-refractivity contribution < 1.29 is 17.9 Å². The molecule has 0 atom stereocenters. The first kappa shape index (κ1) is 24.0. The Morgan fingerprint density at radius 3 is 2.42 bits per heavy atom. The Kier molecular flexibility index (Phi) is 7.95. The highest BCUT2D eigenvalue weighted by molar-refractivity contribution is 7.89. The number of methoxy groups -OCH3 is 1. The fraction of sp³-hybridized carbons (Fsp3) is 0.450. The molecule has 0 saturated carbocycles. The van der Waals surface area contributed by atoms with E-state index in [1.807, 2.05) is 12.1 Å². The van der Waals surface area contributed by atoms with Crippen LogP contribution < -0.4 is 10.1 Å². The number of carbonyl (C=O) groups excluding carboxylic acids is 1. The lowest BCUT2D eigenvalue weighted by molar-refractivity contribution is -0.117. The van der Waals surface area contributed by atoms with Gasteiger partial charge >= 0.3 is 0 Å². The molecule has 1 fully saturated rings. The van der Waals surface area contributed by atoms with Crippen LogP contribution in [0.25, 0.3) is 0 Å². The minimum absolute atomic E-state index is 0.0934. The Labute approximate surface area is 192 Å². The van der Waals surface area contributed by atoms with E-state index < -0.39 is 10.0 Å². The van der Waals surface area contributed by atoms with Gasteiger partial charge in [0.25, 0.3) is 0 Å². The van der Waals surface area contributed by atoms with Crippen molar-refractivity contribution in [3.05, 3.63) is 39.5 Å². The summed E-state index contributed by atoms with van der Waals surface area (Å²) in [4.78, 5) is 18.4. The number of sulfonamides is 1. The molecule has 1 aromatic carbocycles. The number of anilines is 1. The van der Waals surface area contributed by atoms with Gasteiger partial charge in [0.2, 0.25) is 15.9 Å². The second-order valence-corrected chi connectivity index (χ2v) is 11.4. The van der Waals surface area contributed by atoms with Crippen LogP contribution in [0.1, 0.15) is 4.88 Å². The maximum Gasteiger partial charge on any atom is 0.242 e. The maximum atomic E-state index is 12.6. The monoisotopic (exact) mass is 486 g/mol. The van der Waals surface area contributed by atoms with Crippen molar-refractivity contribution in [1.29, 1.82) is 0 Å². The van der Waals surface area contributed by atoms with Crippen molar-refractivity contribution in [1.82, 2.24) is 14.1 Å². The summed E-state index contributed by atoms with van der Waals surface area (Å²) in [5, 5.41) is 2.80. The fourth-order valence-corrected chi connectivity index (χ4v) is 5.37. The SMILES string of the molecule is COc1ccc(S(=O)(=O)N(C)C)cc1NC(=O)CN1CCN(Cc2ccc(Cl)s2)CC1. The predicted molar refractivity (Wildman–Crippen MR) is 124 cm³/mol. The number of carbonyl (C=O) groups is 1. The molecule has 8 nitrogen and oxygen atoms in total. The Hall–Kier alpha value is -1.69. The third kappa shape index (κ3) is 6.18. The Morgan fingerprint density at radius 2 is 1.84 bits per heavy atom. The van der Waals surface area contributed by atoms with Crippen LogP contribution in [0.4, 0.5) is 5.69 Å². The van der Waals surface area contributed by atoms with Crippen LogP contribution >= 0.6 is 22.9 Å². The van der Waals surface area contributed by atoms with Crippen molar-refractivity contribution in [3.8, 4) is 5.75 Å². The van der Waals surface area contributed by atoms with Gasteiger partial charge in [-0.15, -0.1) is 11.3 Å². The standard InChI is InChI=1S/C20H27ClN4O4S2/c1-23(2)31(27,28)16-5-6-18(29-3)17(12-16)22-20(26)14-25-10-8-24(9-11-25)13-15-4-7-19(21)30-15/h4-7,12H,8-11,13-14H2,1-3H3,(H,22,26). The van der Waals surface area contributed by atoms with E-state index in [1.54, 1.807) is 17.4 Å². The average Bonchev–Trinajstić information content (AvgIpc) is 3.13. The van der Waals surface area contributed by atoms with E-state index in [0.29, 0.717) is 11.4 Å². The van der Waals surface area contributed by atoms with Gasteiger partial charge < -0.3 is 10.1 Å². The van der Waals surface area contributed by atoms with Gasteiger partial charge in [-0.3, -0.25) is 14.6 Å². The maximum absolute atomic E-state index is 12.6. The Balaban J connectivity index is 1.57. The quantitative estimate of drug-likeness (QED) is 0.617. The molecule has 0 bridgehead atoms. The largest absolute Gasteiger partial charge is 0.495 e. The number of hydrogen-bond acceptors (Lipinski definition) is 7. The fourth-order valence-electron chi connectivity index (χ4n) is 3.31. The summed E-state index contributed by atoms with van der Waals surface area (Å²) >= 11 is 7.59. The summed E-state index contributed by atoms with van der Waals surface area (Å²) in [5.41, 5.74) is 0.337. The van der Waals surface area contributed by atoms with Gasteiger partial charge in [0.15, 0.2) is 0 Å². The smallest absolute Gasteiger partial charge is 0.242 e. The summed E-state index contributed by atoms with van der Waals surface area (Å²) in [6, 6.07) is 8.39. The van der Waals surface area contributed by atoms with E-state index in [9.17, 15) is 13.2 Å². The zero-order valence-corrected chi connectivity index (χ0v) is 20.2. The second-order valence-electron chi connectivity index (χ2n) is 7.46. The number of benzene rings is 1. The highest BCUT2D eigenvalue weighted by Gasteiger charge is 2.22. The topological polar surface area (TPSA) is 82.2 Å². The van der Waals surface area contributed by atoms with Gasteiger partial charge in [-0.05, 0) is 30.3 Å². The van der Waals surface area contributed by atoms with Crippen LogP contribution in [0.3, 0.4) is 0 Å². The van der Waals surface area contributed by atoms with Crippen LogP contribution in [-0.4, -0.2) is 82.4 Å². The molecule has 0 aliphatic carbocycles. The number of halogens is 1. The predicted octanol–water partition coefficient (Wildman–Crippen LogP) is 2.42. The Morgan fingerprint density at radius 1 is 1.16 bits per heavy atom. The molecule has 1 aliphatic rings.